The molecule has 0 bridgehead atoms. The highest BCUT2D eigenvalue weighted by atomic mass is 16.1. The minimum atomic E-state index is -0.0863. The third-order valence-electron chi connectivity index (χ3n) is 5.11. The zero-order chi connectivity index (χ0) is 19.1. The Labute approximate surface area is 162 Å². The molecule has 1 aliphatic heterocycles. The van der Waals surface area contributed by atoms with Gasteiger partial charge in [-0.3, -0.25) is 9.69 Å². The van der Waals surface area contributed by atoms with Crippen molar-refractivity contribution >= 4 is 17.2 Å². The van der Waals surface area contributed by atoms with Gasteiger partial charge in [-0.05, 0) is 56.0 Å². The Morgan fingerprint density at radius 2 is 1.89 bits per heavy atom. The molecule has 1 heterocycles. The molecule has 4 nitrogen and oxygen atoms in total. The molecule has 0 atom stereocenters. The normalized spacial score (nSPS) is 14.6. The lowest BCUT2D eigenvalue weighted by Crippen LogP contribution is -2.30. The van der Waals surface area contributed by atoms with Crippen molar-refractivity contribution < 1.29 is 4.79 Å². The largest absolute Gasteiger partial charge is 0.398 e. The SMILES string of the molecule is Cc1ccc(C2=CCN(CCCCNC(=O)c3ccccc3N)CC2)cc1. The summed E-state index contributed by atoms with van der Waals surface area (Å²) < 4.78 is 0. The summed E-state index contributed by atoms with van der Waals surface area (Å²) in [4.78, 5) is 14.6. The molecule has 0 fully saturated rings. The predicted octanol–water partition coefficient (Wildman–Crippen LogP) is 3.88. The molecule has 2 aromatic carbocycles. The van der Waals surface area contributed by atoms with Gasteiger partial charge in [-0.25, -0.2) is 0 Å². The number of nitrogens with zero attached hydrogens (tertiary/aromatic N) is 1. The number of hydrogen-bond donors (Lipinski definition) is 2. The molecule has 4 heteroatoms. The number of hydrogen-bond acceptors (Lipinski definition) is 3. The van der Waals surface area contributed by atoms with Gasteiger partial charge in [0.2, 0.25) is 0 Å². The Hall–Kier alpha value is -2.59. The molecule has 0 saturated heterocycles. The Morgan fingerprint density at radius 1 is 1.11 bits per heavy atom. The van der Waals surface area contributed by atoms with Crippen LogP contribution >= 0.6 is 0 Å². The van der Waals surface area contributed by atoms with Crippen LogP contribution in [0.1, 0.15) is 40.7 Å². The summed E-state index contributed by atoms with van der Waals surface area (Å²) in [5.41, 5.74) is 11.0. The molecule has 1 amide bonds. The first-order chi connectivity index (χ1) is 13.1. The van der Waals surface area contributed by atoms with Crippen LogP contribution < -0.4 is 11.1 Å². The summed E-state index contributed by atoms with van der Waals surface area (Å²) in [6.07, 6.45) is 5.52. The van der Waals surface area contributed by atoms with Crippen molar-refractivity contribution in [2.24, 2.45) is 0 Å². The van der Waals surface area contributed by atoms with Crippen molar-refractivity contribution in [3.63, 3.8) is 0 Å². The summed E-state index contributed by atoms with van der Waals surface area (Å²) in [5.74, 6) is -0.0863. The monoisotopic (exact) mass is 363 g/mol. The van der Waals surface area contributed by atoms with Crippen molar-refractivity contribution in [3.05, 3.63) is 71.3 Å². The van der Waals surface area contributed by atoms with Gasteiger partial charge in [0, 0.05) is 25.3 Å². The maximum Gasteiger partial charge on any atom is 0.253 e. The van der Waals surface area contributed by atoms with Crippen molar-refractivity contribution in [1.82, 2.24) is 10.2 Å². The molecule has 27 heavy (non-hydrogen) atoms. The van der Waals surface area contributed by atoms with Crippen LogP contribution in [0.4, 0.5) is 5.69 Å². The summed E-state index contributed by atoms with van der Waals surface area (Å²) >= 11 is 0. The first kappa shape index (κ1) is 19.2. The van der Waals surface area contributed by atoms with E-state index in [1.807, 2.05) is 12.1 Å². The highest BCUT2D eigenvalue weighted by Crippen LogP contribution is 2.22. The van der Waals surface area contributed by atoms with E-state index in [1.165, 1.54) is 16.7 Å². The quantitative estimate of drug-likeness (QED) is 0.580. The Bertz CT molecular complexity index is 796. The van der Waals surface area contributed by atoms with Gasteiger partial charge in [0.25, 0.3) is 5.91 Å². The highest BCUT2D eigenvalue weighted by Gasteiger charge is 2.13. The number of carbonyl (C=O) groups excluding carboxylic acids is 1. The smallest absolute Gasteiger partial charge is 0.253 e. The minimum absolute atomic E-state index is 0.0863. The number of nitrogens with one attached hydrogen (secondary N) is 1. The Morgan fingerprint density at radius 3 is 2.59 bits per heavy atom. The zero-order valence-electron chi connectivity index (χ0n) is 16.1. The van der Waals surface area contributed by atoms with E-state index in [0.717, 1.165) is 38.9 Å². The van der Waals surface area contributed by atoms with E-state index < -0.39 is 0 Å². The lowest BCUT2D eigenvalue weighted by molar-refractivity contribution is 0.0953. The molecule has 3 N–H and O–H groups in total. The summed E-state index contributed by atoms with van der Waals surface area (Å²) in [7, 11) is 0. The van der Waals surface area contributed by atoms with Crippen LogP contribution in [0.25, 0.3) is 5.57 Å². The van der Waals surface area contributed by atoms with Crippen LogP contribution in [0.5, 0.6) is 0 Å². The minimum Gasteiger partial charge on any atom is -0.398 e. The molecule has 1 aliphatic rings. The second-order valence-corrected chi connectivity index (χ2v) is 7.20. The first-order valence-electron chi connectivity index (χ1n) is 9.74. The van der Waals surface area contributed by atoms with Gasteiger partial charge in [0.1, 0.15) is 0 Å². The molecule has 0 aliphatic carbocycles. The fourth-order valence-electron chi connectivity index (χ4n) is 3.41. The Kier molecular flexibility index (Phi) is 6.66. The van der Waals surface area contributed by atoms with E-state index in [9.17, 15) is 4.79 Å². The van der Waals surface area contributed by atoms with Crippen molar-refractivity contribution in [1.29, 1.82) is 0 Å². The van der Waals surface area contributed by atoms with Crippen molar-refractivity contribution in [2.45, 2.75) is 26.2 Å². The zero-order valence-corrected chi connectivity index (χ0v) is 16.1. The van der Waals surface area contributed by atoms with Crippen LogP contribution in [0, 0.1) is 6.92 Å². The number of aryl methyl sites for hydroxylation is 1. The van der Waals surface area contributed by atoms with Gasteiger partial charge < -0.3 is 11.1 Å². The summed E-state index contributed by atoms with van der Waals surface area (Å²) in [6, 6.07) is 16.0. The van der Waals surface area contributed by atoms with Gasteiger partial charge in [-0.15, -0.1) is 0 Å². The average molecular weight is 364 g/mol. The standard InChI is InChI=1S/C23H29N3O/c1-18-8-10-19(11-9-18)20-12-16-26(17-13-20)15-5-4-14-25-23(27)21-6-2-3-7-22(21)24/h2-3,6-12H,4-5,13-17,24H2,1H3,(H,25,27). The van der Waals surface area contributed by atoms with Gasteiger partial charge in [-0.2, -0.15) is 0 Å². The van der Waals surface area contributed by atoms with E-state index in [0.29, 0.717) is 17.8 Å². The van der Waals surface area contributed by atoms with Crippen LogP contribution in [-0.4, -0.2) is 37.0 Å². The van der Waals surface area contributed by atoms with Crippen LogP contribution in [0.2, 0.25) is 0 Å². The molecule has 2 aromatic rings. The lowest BCUT2D eigenvalue weighted by Gasteiger charge is -2.26. The number of rotatable bonds is 7. The molecule has 0 aromatic heterocycles. The third kappa shape index (κ3) is 5.44. The van der Waals surface area contributed by atoms with Gasteiger partial charge in [-0.1, -0.05) is 48.0 Å². The third-order valence-corrected chi connectivity index (χ3v) is 5.11. The topological polar surface area (TPSA) is 58.4 Å². The number of anilines is 1. The molecule has 0 unspecified atom stereocenters. The molecule has 3 rings (SSSR count). The number of carbonyl (C=O) groups is 1. The van der Waals surface area contributed by atoms with Gasteiger partial charge in [0.15, 0.2) is 0 Å². The number of benzene rings is 2. The van der Waals surface area contributed by atoms with Gasteiger partial charge >= 0.3 is 0 Å². The molecular formula is C23H29N3O. The maximum atomic E-state index is 12.1. The van der Waals surface area contributed by atoms with Gasteiger partial charge in [0.05, 0.1) is 5.56 Å². The summed E-state index contributed by atoms with van der Waals surface area (Å²) in [6.45, 7) is 5.99. The maximum absolute atomic E-state index is 12.1. The van der Waals surface area contributed by atoms with Crippen LogP contribution in [0.15, 0.2) is 54.6 Å². The lowest BCUT2D eigenvalue weighted by atomic mass is 9.98. The van der Waals surface area contributed by atoms with E-state index in [4.69, 9.17) is 5.73 Å². The fraction of sp³-hybridized carbons (Fsp3) is 0.348. The van der Waals surface area contributed by atoms with Crippen molar-refractivity contribution in [3.8, 4) is 0 Å². The fourth-order valence-corrected chi connectivity index (χ4v) is 3.41. The predicted molar refractivity (Wildman–Crippen MR) is 113 cm³/mol. The molecule has 0 saturated carbocycles. The number of unbranched alkanes of at least 4 members (excludes halogenated alkanes) is 1. The van der Waals surface area contributed by atoms with E-state index >= 15 is 0 Å². The number of nitrogen functional groups attached to an aromatic ring is 1. The molecule has 0 radical (unpaired) electrons. The molecular weight excluding hydrogens is 334 g/mol. The van der Waals surface area contributed by atoms with Crippen molar-refractivity contribution in [2.75, 3.05) is 31.9 Å². The van der Waals surface area contributed by atoms with E-state index in [2.05, 4.69) is 47.5 Å². The van der Waals surface area contributed by atoms with E-state index in [-0.39, 0.29) is 5.91 Å². The number of para-hydroxylation sites is 1. The second kappa shape index (κ2) is 9.38. The second-order valence-electron chi connectivity index (χ2n) is 7.20. The first-order valence-corrected chi connectivity index (χ1v) is 9.74. The van der Waals surface area contributed by atoms with Crippen LogP contribution in [-0.2, 0) is 0 Å². The molecule has 142 valence electrons. The molecule has 0 spiro atoms. The highest BCUT2D eigenvalue weighted by molar-refractivity contribution is 5.99. The number of amides is 1. The number of nitrogens with two attached hydrogens (primary N) is 1. The summed E-state index contributed by atoms with van der Waals surface area (Å²) in [5, 5.41) is 2.96. The van der Waals surface area contributed by atoms with E-state index in [1.54, 1.807) is 12.1 Å². The Balaban J connectivity index is 1.35. The average Bonchev–Trinajstić information content (AvgIpc) is 2.69. The van der Waals surface area contributed by atoms with Crippen LogP contribution in [0.3, 0.4) is 0 Å².